The van der Waals surface area contributed by atoms with E-state index in [1.165, 1.54) is 18.3 Å². The van der Waals surface area contributed by atoms with Crippen molar-refractivity contribution in [3.05, 3.63) is 52.0 Å². The molecule has 2 aromatic rings. The number of aromatic nitrogens is 1. The Kier molecular flexibility index (Phi) is 13.7. The lowest BCUT2D eigenvalue weighted by Gasteiger charge is -2.45. The van der Waals surface area contributed by atoms with Crippen molar-refractivity contribution in [2.75, 3.05) is 32.1 Å². The van der Waals surface area contributed by atoms with Gasteiger partial charge in [0.25, 0.3) is 5.91 Å². The Labute approximate surface area is 295 Å². The lowest BCUT2D eigenvalue weighted by atomic mass is 9.80. The van der Waals surface area contributed by atoms with Crippen molar-refractivity contribution < 1.29 is 23.9 Å². The fourth-order valence-electron chi connectivity index (χ4n) is 7.06. The lowest BCUT2D eigenvalue weighted by Crippen LogP contribution is -2.56. The number of nitrogens with zero attached hydrogens (tertiary/aromatic N) is 3. The van der Waals surface area contributed by atoms with E-state index in [1.54, 1.807) is 22.0 Å². The number of nitrogens with one attached hydrogen (secondary N) is 1. The lowest BCUT2D eigenvalue weighted by molar-refractivity contribution is -0.150. The minimum absolute atomic E-state index is 0.0258. The zero-order chi connectivity index (χ0) is 35.0. The molecule has 264 valence electrons. The fourth-order valence-corrected chi connectivity index (χ4v) is 9.05. The normalized spacial score (nSPS) is 19.6. The Hall–Kier alpha value is -2.76. The van der Waals surface area contributed by atoms with Crippen molar-refractivity contribution in [3.8, 4) is 0 Å². The van der Waals surface area contributed by atoms with Crippen LogP contribution < -0.4 is 5.32 Å². The van der Waals surface area contributed by atoms with Crippen molar-refractivity contribution in [1.29, 1.82) is 0 Å². The SMILES string of the molecule is CC(=O)O[C@H](C[C@H](C(C)C)N(C)C(=O)C1(CC(=O)[C@H]2CCCCN2C)CSC1)c1nc(C(=O)N[C@@H](Cc2ccccc2)CC(C)C)cs1. The molecule has 9 nitrogen and oxygen atoms in total. The van der Waals surface area contributed by atoms with Gasteiger partial charge in [0.2, 0.25) is 5.91 Å². The summed E-state index contributed by atoms with van der Waals surface area (Å²) >= 11 is 2.99. The molecular formula is C37H54N4O5S2. The number of benzene rings is 1. The zero-order valence-electron chi connectivity index (χ0n) is 29.7. The summed E-state index contributed by atoms with van der Waals surface area (Å²) in [5.41, 5.74) is 0.734. The van der Waals surface area contributed by atoms with Crippen LogP contribution in [0.4, 0.5) is 0 Å². The number of carbonyl (C=O) groups is 4. The minimum atomic E-state index is -0.725. The van der Waals surface area contributed by atoms with Gasteiger partial charge in [-0.2, -0.15) is 11.8 Å². The summed E-state index contributed by atoms with van der Waals surface area (Å²) in [5.74, 6) is 1.12. The predicted molar refractivity (Wildman–Crippen MR) is 193 cm³/mol. The predicted octanol–water partition coefficient (Wildman–Crippen LogP) is 6.18. The molecule has 0 radical (unpaired) electrons. The number of thioether (sulfide) groups is 1. The van der Waals surface area contributed by atoms with Crippen molar-refractivity contribution in [2.24, 2.45) is 17.3 Å². The summed E-state index contributed by atoms with van der Waals surface area (Å²) in [4.78, 5) is 62.0. The number of ether oxygens (including phenoxy) is 1. The molecule has 2 fully saturated rings. The van der Waals surface area contributed by atoms with Gasteiger partial charge >= 0.3 is 5.97 Å². The van der Waals surface area contributed by atoms with E-state index in [0.717, 1.165) is 44.2 Å². The van der Waals surface area contributed by atoms with E-state index in [1.807, 2.05) is 46.1 Å². The van der Waals surface area contributed by atoms with Crippen LogP contribution in [0.2, 0.25) is 0 Å². The molecule has 3 heterocycles. The molecule has 2 aliphatic heterocycles. The molecule has 0 unspecified atom stereocenters. The van der Waals surface area contributed by atoms with Crippen molar-refractivity contribution in [1.82, 2.24) is 20.1 Å². The number of likely N-dealkylation sites (tertiary alicyclic amines) is 1. The second-order valence-corrected chi connectivity index (χ2v) is 16.4. The number of hydrogen-bond donors (Lipinski definition) is 1. The smallest absolute Gasteiger partial charge is 0.303 e. The number of carbonyl (C=O) groups excluding carboxylic acids is 4. The van der Waals surface area contributed by atoms with Gasteiger partial charge in [-0.05, 0) is 56.7 Å². The molecule has 0 saturated carbocycles. The van der Waals surface area contributed by atoms with Gasteiger partial charge in [-0.3, -0.25) is 24.1 Å². The third kappa shape index (κ3) is 9.91. The first-order valence-electron chi connectivity index (χ1n) is 17.3. The van der Waals surface area contributed by atoms with Crippen LogP contribution in [0.15, 0.2) is 35.7 Å². The van der Waals surface area contributed by atoms with E-state index >= 15 is 0 Å². The van der Waals surface area contributed by atoms with Crippen LogP contribution in [-0.4, -0.2) is 88.6 Å². The first-order valence-corrected chi connectivity index (χ1v) is 19.4. The van der Waals surface area contributed by atoms with Gasteiger partial charge in [-0.1, -0.05) is 64.4 Å². The Bertz CT molecular complexity index is 1390. The van der Waals surface area contributed by atoms with Crippen LogP contribution in [0.25, 0.3) is 0 Å². The van der Waals surface area contributed by atoms with Gasteiger partial charge in [0.15, 0.2) is 11.9 Å². The first kappa shape index (κ1) is 38.0. The highest BCUT2D eigenvalue weighted by Gasteiger charge is 2.50. The summed E-state index contributed by atoms with van der Waals surface area (Å²) in [7, 11) is 3.81. The molecule has 11 heteroatoms. The molecule has 0 aliphatic carbocycles. The molecule has 1 N–H and O–H groups in total. The Morgan fingerprint density at radius 1 is 1.08 bits per heavy atom. The number of amides is 2. The maximum atomic E-state index is 14.2. The Morgan fingerprint density at radius 3 is 2.38 bits per heavy atom. The van der Waals surface area contributed by atoms with Crippen molar-refractivity contribution in [2.45, 2.75) is 104 Å². The third-order valence-electron chi connectivity index (χ3n) is 9.66. The summed E-state index contributed by atoms with van der Waals surface area (Å²) in [6.07, 6.45) is 4.39. The highest BCUT2D eigenvalue weighted by molar-refractivity contribution is 8.00. The molecule has 4 rings (SSSR count). The molecule has 1 aromatic heterocycles. The van der Waals surface area contributed by atoms with E-state index in [-0.39, 0.29) is 53.8 Å². The van der Waals surface area contributed by atoms with Crippen LogP contribution in [0.1, 0.15) is 100 Å². The second kappa shape index (κ2) is 17.3. The number of likely N-dealkylation sites (N-methyl/N-ethyl adjacent to an activating group) is 1. The van der Waals surface area contributed by atoms with E-state index in [9.17, 15) is 19.2 Å². The average molecular weight is 699 g/mol. The molecule has 0 spiro atoms. The second-order valence-electron chi connectivity index (χ2n) is 14.5. The largest absolute Gasteiger partial charge is 0.455 e. The molecule has 4 atom stereocenters. The number of Topliss-reactive ketones (excluding diaryl/α,β-unsaturated/α-hetero) is 1. The quantitative estimate of drug-likeness (QED) is 0.207. The van der Waals surface area contributed by atoms with Crippen LogP contribution in [0, 0.1) is 17.3 Å². The summed E-state index contributed by atoms with van der Waals surface area (Å²) < 4.78 is 5.81. The van der Waals surface area contributed by atoms with Gasteiger partial charge in [-0.15, -0.1) is 11.3 Å². The maximum absolute atomic E-state index is 14.2. The number of hydrogen-bond acceptors (Lipinski definition) is 9. The monoisotopic (exact) mass is 698 g/mol. The molecule has 0 bridgehead atoms. The topological polar surface area (TPSA) is 109 Å². The minimum Gasteiger partial charge on any atom is -0.455 e. The number of esters is 1. The Balaban J connectivity index is 1.48. The van der Waals surface area contributed by atoms with Gasteiger partial charge < -0.3 is 15.0 Å². The van der Waals surface area contributed by atoms with Gasteiger partial charge in [0, 0.05) is 55.8 Å². The first-order chi connectivity index (χ1) is 22.8. The van der Waals surface area contributed by atoms with E-state index in [4.69, 9.17) is 4.74 Å². The standard InChI is InChI=1S/C37H54N4O5S2/c1-24(2)17-28(18-27-13-9-8-10-14-27)38-34(44)29-21-48-35(39-29)33(46-26(5)42)19-31(25(3)4)41(7)36(45)37(22-47-23-37)20-32(43)30-15-11-12-16-40(30)6/h8-10,13-14,21,24-25,28,30-31,33H,11-12,15-20,22-23H2,1-7H3,(H,38,44)/t28-,30-,31-,33-/m1/s1. The molecular weight excluding hydrogens is 645 g/mol. The molecule has 48 heavy (non-hydrogen) atoms. The van der Waals surface area contributed by atoms with Crippen LogP contribution in [0.5, 0.6) is 0 Å². The van der Waals surface area contributed by atoms with E-state index in [2.05, 4.69) is 41.2 Å². The van der Waals surface area contributed by atoms with E-state index in [0.29, 0.717) is 28.9 Å². The number of ketones is 1. The summed E-state index contributed by atoms with van der Waals surface area (Å²) in [5, 5.41) is 5.42. The van der Waals surface area contributed by atoms with Crippen LogP contribution in [-0.2, 0) is 25.5 Å². The summed E-state index contributed by atoms with van der Waals surface area (Å²) in [6, 6.07) is 9.66. The highest BCUT2D eigenvalue weighted by Crippen LogP contribution is 2.44. The van der Waals surface area contributed by atoms with Crippen LogP contribution in [0.3, 0.4) is 0 Å². The molecule has 1 aromatic carbocycles. The van der Waals surface area contributed by atoms with Crippen molar-refractivity contribution >= 4 is 46.7 Å². The molecule has 2 saturated heterocycles. The Morgan fingerprint density at radius 2 is 1.79 bits per heavy atom. The van der Waals surface area contributed by atoms with Gasteiger partial charge in [0.1, 0.15) is 10.7 Å². The number of rotatable bonds is 16. The summed E-state index contributed by atoms with van der Waals surface area (Å²) in [6.45, 7) is 10.6. The van der Waals surface area contributed by atoms with Gasteiger partial charge in [-0.25, -0.2) is 4.98 Å². The van der Waals surface area contributed by atoms with Gasteiger partial charge in [0.05, 0.1) is 11.5 Å². The molecule has 2 amide bonds. The van der Waals surface area contributed by atoms with Crippen molar-refractivity contribution in [3.63, 3.8) is 0 Å². The number of piperidine rings is 1. The van der Waals surface area contributed by atoms with Crippen LogP contribution >= 0.6 is 23.1 Å². The number of thiazole rings is 1. The third-order valence-corrected chi connectivity index (χ3v) is 12.1. The fraction of sp³-hybridized carbons (Fsp3) is 0.649. The average Bonchev–Trinajstić information content (AvgIpc) is 3.51. The highest BCUT2D eigenvalue weighted by atomic mass is 32.2. The zero-order valence-corrected chi connectivity index (χ0v) is 31.3. The van der Waals surface area contributed by atoms with E-state index < -0.39 is 17.5 Å². The molecule has 2 aliphatic rings. The maximum Gasteiger partial charge on any atom is 0.303 e.